The summed E-state index contributed by atoms with van der Waals surface area (Å²) in [5, 5.41) is 0. The highest BCUT2D eigenvalue weighted by Crippen LogP contribution is 2.29. The van der Waals surface area contributed by atoms with Gasteiger partial charge in [-0.3, -0.25) is 9.36 Å². The fourth-order valence-corrected chi connectivity index (χ4v) is 2.08. The Labute approximate surface area is 121 Å². The van der Waals surface area contributed by atoms with E-state index < -0.39 is 0 Å². The lowest BCUT2D eigenvalue weighted by Gasteiger charge is -2.09. The van der Waals surface area contributed by atoms with Crippen LogP contribution >= 0.6 is 0 Å². The molecule has 100 valence electrons. The standard InChI is InChI=1S/C16H10N4O/c1-17-15-5-3-2-4-14(15)12-6-7-16(21)20(10-12)13-8-18-11-19-9-13/h2-11H. The van der Waals surface area contributed by atoms with Gasteiger partial charge in [-0.2, -0.15) is 0 Å². The summed E-state index contributed by atoms with van der Waals surface area (Å²) in [4.78, 5) is 23.4. The molecule has 0 spiro atoms. The second-order valence-electron chi connectivity index (χ2n) is 4.35. The molecule has 0 aliphatic heterocycles. The third kappa shape index (κ3) is 2.42. The van der Waals surface area contributed by atoms with E-state index in [1.165, 1.54) is 17.0 Å². The number of hydrogen-bond donors (Lipinski definition) is 0. The van der Waals surface area contributed by atoms with Crippen molar-refractivity contribution < 1.29 is 0 Å². The van der Waals surface area contributed by atoms with E-state index in [-0.39, 0.29) is 5.56 Å². The zero-order chi connectivity index (χ0) is 14.7. The molecule has 0 unspecified atom stereocenters. The maximum absolute atomic E-state index is 12.0. The van der Waals surface area contributed by atoms with Gasteiger partial charge in [-0.25, -0.2) is 14.8 Å². The Hall–Kier alpha value is -3.26. The molecule has 5 nitrogen and oxygen atoms in total. The average Bonchev–Trinajstić information content (AvgIpc) is 2.56. The molecule has 0 saturated carbocycles. The van der Waals surface area contributed by atoms with Crippen LogP contribution in [0, 0.1) is 6.57 Å². The summed E-state index contributed by atoms with van der Waals surface area (Å²) < 4.78 is 1.47. The van der Waals surface area contributed by atoms with Crippen molar-refractivity contribution in [3.05, 3.63) is 83.1 Å². The van der Waals surface area contributed by atoms with E-state index >= 15 is 0 Å². The highest BCUT2D eigenvalue weighted by Gasteiger charge is 2.07. The monoisotopic (exact) mass is 274 g/mol. The van der Waals surface area contributed by atoms with Gasteiger partial charge < -0.3 is 0 Å². The first-order chi connectivity index (χ1) is 10.3. The van der Waals surface area contributed by atoms with Crippen LogP contribution in [0.2, 0.25) is 0 Å². The highest BCUT2D eigenvalue weighted by molar-refractivity contribution is 5.77. The van der Waals surface area contributed by atoms with Gasteiger partial charge in [0, 0.05) is 12.3 Å². The topological polar surface area (TPSA) is 52.1 Å². The van der Waals surface area contributed by atoms with Crippen molar-refractivity contribution >= 4 is 5.69 Å². The third-order valence-corrected chi connectivity index (χ3v) is 3.07. The second kappa shape index (κ2) is 5.39. The molecule has 2 heterocycles. The lowest BCUT2D eigenvalue weighted by Crippen LogP contribution is -2.16. The van der Waals surface area contributed by atoms with Crippen molar-refractivity contribution in [1.29, 1.82) is 0 Å². The number of hydrogen-bond acceptors (Lipinski definition) is 3. The van der Waals surface area contributed by atoms with Gasteiger partial charge in [0.1, 0.15) is 6.33 Å². The van der Waals surface area contributed by atoms with E-state index in [2.05, 4.69) is 14.8 Å². The first-order valence-corrected chi connectivity index (χ1v) is 6.24. The quantitative estimate of drug-likeness (QED) is 0.675. The molecule has 5 heteroatoms. The zero-order valence-corrected chi connectivity index (χ0v) is 11.0. The summed E-state index contributed by atoms with van der Waals surface area (Å²) in [6, 6.07) is 10.5. The van der Waals surface area contributed by atoms with Crippen molar-refractivity contribution in [2.24, 2.45) is 0 Å². The van der Waals surface area contributed by atoms with Gasteiger partial charge in [0.05, 0.1) is 24.7 Å². The van der Waals surface area contributed by atoms with Crippen molar-refractivity contribution in [1.82, 2.24) is 14.5 Å². The molecule has 0 saturated heterocycles. The zero-order valence-electron chi connectivity index (χ0n) is 11.0. The van der Waals surface area contributed by atoms with E-state index in [1.54, 1.807) is 30.7 Å². The first kappa shape index (κ1) is 12.8. The molecule has 0 aliphatic rings. The molecular formula is C16H10N4O. The average molecular weight is 274 g/mol. The Bertz CT molecular complexity index is 879. The van der Waals surface area contributed by atoms with E-state index in [0.29, 0.717) is 11.4 Å². The Kier molecular flexibility index (Phi) is 3.27. The molecule has 0 atom stereocenters. The third-order valence-electron chi connectivity index (χ3n) is 3.07. The predicted molar refractivity (Wildman–Crippen MR) is 79.3 cm³/mol. The summed E-state index contributed by atoms with van der Waals surface area (Å²) in [6.07, 6.45) is 6.25. The van der Waals surface area contributed by atoms with Crippen LogP contribution < -0.4 is 5.56 Å². The van der Waals surface area contributed by atoms with Crippen LogP contribution in [0.15, 0.2) is 66.1 Å². The number of benzene rings is 1. The van der Waals surface area contributed by atoms with Gasteiger partial charge in [-0.15, -0.1) is 0 Å². The summed E-state index contributed by atoms with van der Waals surface area (Å²) in [6.45, 7) is 7.23. The van der Waals surface area contributed by atoms with Gasteiger partial charge in [0.25, 0.3) is 5.56 Å². The van der Waals surface area contributed by atoms with E-state index in [0.717, 1.165) is 11.1 Å². The summed E-state index contributed by atoms with van der Waals surface area (Å²) >= 11 is 0. The van der Waals surface area contributed by atoms with Crippen molar-refractivity contribution in [3.8, 4) is 16.8 Å². The van der Waals surface area contributed by atoms with Crippen molar-refractivity contribution in [3.63, 3.8) is 0 Å². The van der Waals surface area contributed by atoms with Crippen molar-refractivity contribution in [2.45, 2.75) is 0 Å². The number of para-hydroxylation sites is 1. The Morgan fingerprint density at radius 2 is 1.81 bits per heavy atom. The minimum atomic E-state index is -0.172. The number of rotatable bonds is 2. The number of nitrogens with zero attached hydrogens (tertiary/aromatic N) is 4. The maximum Gasteiger partial charge on any atom is 0.255 e. The summed E-state index contributed by atoms with van der Waals surface area (Å²) in [5.74, 6) is 0. The smallest absolute Gasteiger partial charge is 0.255 e. The van der Waals surface area contributed by atoms with Crippen molar-refractivity contribution in [2.75, 3.05) is 0 Å². The molecule has 3 rings (SSSR count). The van der Waals surface area contributed by atoms with Gasteiger partial charge >= 0.3 is 0 Å². The van der Waals surface area contributed by atoms with E-state index in [9.17, 15) is 4.79 Å². The Balaban J connectivity index is 2.19. The highest BCUT2D eigenvalue weighted by atomic mass is 16.1. The van der Waals surface area contributed by atoms with Gasteiger partial charge in [0.2, 0.25) is 0 Å². The fourth-order valence-electron chi connectivity index (χ4n) is 2.08. The number of aromatic nitrogens is 3. The van der Waals surface area contributed by atoms with E-state index in [4.69, 9.17) is 6.57 Å². The van der Waals surface area contributed by atoms with Gasteiger partial charge in [0.15, 0.2) is 5.69 Å². The summed E-state index contributed by atoms with van der Waals surface area (Å²) in [7, 11) is 0. The van der Waals surface area contributed by atoms with Crippen LogP contribution in [-0.2, 0) is 0 Å². The fraction of sp³-hybridized carbons (Fsp3) is 0. The molecule has 0 N–H and O–H groups in total. The van der Waals surface area contributed by atoms with Crippen LogP contribution in [0.25, 0.3) is 21.7 Å². The lowest BCUT2D eigenvalue weighted by atomic mass is 10.1. The molecule has 0 radical (unpaired) electrons. The Morgan fingerprint density at radius 1 is 1.05 bits per heavy atom. The molecular weight excluding hydrogens is 264 g/mol. The minimum absolute atomic E-state index is 0.172. The molecule has 0 bridgehead atoms. The van der Waals surface area contributed by atoms with Crippen LogP contribution in [0.3, 0.4) is 0 Å². The first-order valence-electron chi connectivity index (χ1n) is 6.24. The number of pyridine rings is 1. The molecule has 0 fully saturated rings. The van der Waals surface area contributed by atoms with Gasteiger partial charge in [-0.1, -0.05) is 24.3 Å². The molecule has 21 heavy (non-hydrogen) atoms. The normalized spacial score (nSPS) is 10.0. The second-order valence-corrected chi connectivity index (χ2v) is 4.35. The molecule has 2 aromatic heterocycles. The predicted octanol–water partition coefficient (Wildman–Crippen LogP) is 2.85. The van der Waals surface area contributed by atoms with E-state index in [1.807, 2.05) is 18.2 Å². The van der Waals surface area contributed by atoms with Crippen LogP contribution in [-0.4, -0.2) is 14.5 Å². The molecule has 0 aliphatic carbocycles. The minimum Gasteiger partial charge on any atom is -0.281 e. The molecule has 0 amide bonds. The van der Waals surface area contributed by atoms with Crippen LogP contribution in [0.5, 0.6) is 0 Å². The van der Waals surface area contributed by atoms with Gasteiger partial charge in [-0.05, 0) is 17.2 Å². The maximum atomic E-state index is 12.0. The van der Waals surface area contributed by atoms with Crippen LogP contribution in [0.4, 0.5) is 5.69 Å². The SMILES string of the molecule is [C-]#[N+]c1ccccc1-c1ccc(=O)n(-c2cncnc2)c1. The molecule has 3 aromatic rings. The van der Waals surface area contributed by atoms with Crippen LogP contribution in [0.1, 0.15) is 0 Å². The largest absolute Gasteiger partial charge is 0.281 e. The molecule has 1 aromatic carbocycles. The lowest BCUT2D eigenvalue weighted by molar-refractivity contribution is 0.960. The Morgan fingerprint density at radius 3 is 2.57 bits per heavy atom. The summed E-state index contributed by atoms with van der Waals surface area (Å²) in [5.41, 5.74) is 2.55.